The Labute approximate surface area is 154 Å². The summed E-state index contributed by atoms with van der Waals surface area (Å²) in [6.45, 7) is 3.21. The summed E-state index contributed by atoms with van der Waals surface area (Å²) in [6.07, 6.45) is 0.831. The van der Waals surface area contributed by atoms with Crippen molar-refractivity contribution in [3.8, 4) is 5.75 Å². The van der Waals surface area contributed by atoms with E-state index in [1.54, 1.807) is 7.11 Å². The molecule has 0 heterocycles. The summed E-state index contributed by atoms with van der Waals surface area (Å²) >= 11 is 0. The minimum absolute atomic E-state index is 0.145. The number of hydrogen-bond acceptors (Lipinski definition) is 2. The van der Waals surface area contributed by atoms with Gasteiger partial charge in [0.1, 0.15) is 5.75 Å². The molecule has 0 atom stereocenters. The number of carbonyl (C=O) groups excluding carboxylic acids is 1. The molecule has 3 aromatic carbocycles. The van der Waals surface area contributed by atoms with Crippen molar-refractivity contribution >= 4 is 16.8 Å². The van der Waals surface area contributed by atoms with Gasteiger partial charge >= 0.3 is 6.03 Å². The van der Waals surface area contributed by atoms with Gasteiger partial charge in [-0.25, -0.2) is 4.79 Å². The summed E-state index contributed by atoms with van der Waals surface area (Å²) in [5, 5.41) is 8.08. The molecule has 0 aliphatic rings. The molecule has 0 saturated carbocycles. The Kier molecular flexibility index (Phi) is 5.74. The highest BCUT2D eigenvalue weighted by Crippen LogP contribution is 2.21. The number of urea groups is 1. The Bertz CT molecular complexity index is 906. The first kappa shape index (κ1) is 17.8. The second-order valence-corrected chi connectivity index (χ2v) is 6.33. The van der Waals surface area contributed by atoms with Crippen LogP contribution in [0.15, 0.2) is 60.7 Å². The fourth-order valence-electron chi connectivity index (χ4n) is 2.96. The van der Waals surface area contributed by atoms with Gasteiger partial charge in [0.25, 0.3) is 0 Å². The molecule has 0 aliphatic carbocycles. The zero-order chi connectivity index (χ0) is 18.4. The number of benzene rings is 3. The predicted octanol–water partition coefficient (Wildman–Crippen LogP) is 4.20. The molecule has 0 unspecified atom stereocenters. The van der Waals surface area contributed by atoms with Crippen LogP contribution in [0.3, 0.4) is 0 Å². The molecule has 0 bridgehead atoms. The summed E-state index contributed by atoms with van der Waals surface area (Å²) in [7, 11) is 1.66. The van der Waals surface area contributed by atoms with E-state index in [2.05, 4.69) is 35.8 Å². The van der Waals surface area contributed by atoms with Crippen LogP contribution >= 0.6 is 0 Å². The van der Waals surface area contributed by atoms with E-state index in [1.165, 1.54) is 11.1 Å². The zero-order valence-electron chi connectivity index (χ0n) is 15.2. The molecule has 4 heteroatoms. The average molecular weight is 348 g/mol. The lowest BCUT2D eigenvalue weighted by Crippen LogP contribution is -2.36. The topological polar surface area (TPSA) is 50.4 Å². The molecule has 3 rings (SSSR count). The fourth-order valence-corrected chi connectivity index (χ4v) is 2.96. The maximum atomic E-state index is 12.0. The molecule has 0 fully saturated rings. The van der Waals surface area contributed by atoms with Crippen LogP contribution < -0.4 is 15.4 Å². The highest BCUT2D eigenvalue weighted by molar-refractivity contribution is 5.84. The standard InChI is InChI=1S/C22H24N2O2/c1-16-5-3-4-6-18(16)11-12-23-22(25)24-15-17-7-8-20-14-21(26-2)10-9-19(20)13-17/h3-10,13-14H,11-12,15H2,1-2H3,(H2,23,24,25). The smallest absolute Gasteiger partial charge is 0.315 e. The van der Waals surface area contributed by atoms with Gasteiger partial charge in [0, 0.05) is 13.1 Å². The largest absolute Gasteiger partial charge is 0.497 e. The average Bonchev–Trinajstić information content (AvgIpc) is 2.67. The number of nitrogens with one attached hydrogen (secondary N) is 2. The van der Waals surface area contributed by atoms with Gasteiger partial charge in [0.05, 0.1) is 7.11 Å². The Hall–Kier alpha value is -3.01. The quantitative estimate of drug-likeness (QED) is 0.701. The van der Waals surface area contributed by atoms with E-state index in [1.807, 2.05) is 42.5 Å². The first-order valence-electron chi connectivity index (χ1n) is 8.78. The van der Waals surface area contributed by atoms with Crippen LogP contribution in [0.2, 0.25) is 0 Å². The van der Waals surface area contributed by atoms with Gasteiger partial charge in [-0.3, -0.25) is 0 Å². The van der Waals surface area contributed by atoms with Crippen molar-refractivity contribution in [1.82, 2.24) is 10.6 Å². The van der Waals surface area contributed by atoms with Crippen LogP contribution in [0, 0.1) is 6.92 Å². The van der Waals surface area contributed by atoms with E-state index >= 15 is 0 Å². The molecule has 3 aromatic rings. The van der Waals surface area contributed by atoms with Gasteiger partial charge in [-0.2, -0.15) is 0 Å². The first-order valence-corrected chi connectivity index (χ1v) is 8.78. The number of hydrogen-bond donors (Lipinski definition) is 2. The van der Waals surface area contributed by atoms with Crippen molar-refractivity contribution < 1.29 is 9.53 Å². The van der Waals surface area contributed by atoms with Crippen molar-refractivity contribution in [3.63, 3.8) is 0 Å². The zero-order valence-corrected chi connectivity index (χ0v) is 15.2. The van der Waals surface area contributed by atoms with E-state index in [0.29, 0.717) is 13.1 Å². The van der Waals surface area contributed by atoms with E-state index in [9.17, 15) is 4.79 Å². The van der Waals surface area contributed by atoms with Crippen LogP contribution in [0.5, 0.6) is 5.75 Å². The lowest BCUT2D eigenvalue weighted by atomic mass is 10.1. The maximum absolute atomic E-state index is 12.0. The molecule has 2 N–H and O–H groups in total. The highest BCUT2D eigenvalue weighted by Gasteiger charge is 2.03. The molecular formula is C22H24N2O2. The van der Waals surface area contributed by atoms with Crippen LogP contribution in [0.25, 0.3) is 10.8 Å². The SMILES string of the molecule is COc1ccc2cc(CNC(=O)NCCc3ccccc3C)ccc2c1. The molecule has 0 aromatic heterocycles. The normalized spacial score (nSPS) is 10.5. The fraction of sp³-hybridized carbons (Fsp3) is 0.227. The maximum Gasteiger partial charge on any atom is 0.315 e. The molecule has 4 nitrogen and oxygen atoms in total. The summed E-state index contributed by atoms with van der Waals surface area (Å²) in [6, 6.07) is 20.2. The number of rotatable bonds is 6. The highest BCUT2D eigenvalue weighted by atomic mass is 16.5. The van der Waals surface area contributed by atoms with E-state index in [0.717, 1.165) is 28.5 Å². The Morgan fingerprint density at radius 2 is 1.73 bits per heavy atom. The Morgan fingerprint density at radius 3 is 2.54 bits per heavy atom. The molecule has 26 heavy (non-hydrogen) atoms. The van der Waals surface area contributed by atoms with Gasteiger partial charge in [-0.15, -0.1) is 0 Å². The Balaban J connectivity index is 1.49. The monoisotopic (exact) mass is 348 g/mol. The summed E-state index contributed by atoms with van der Waals surface area (Å²) in [5.74, 6) is 0.844. The third-order valence-corrected chi connectivity index (χ3v) is 4.51. The van der Waals surface area contributed by atoms with Crippen molar-refractivity contribution in [2.24, 2.45) is 0 Å². The van der Waals surface area contributed by atoms with Gasteiger partial charge in [-0.05, 0) is 59.0 Å². The van der Waals surface area contributed by atoms with Gasteiger partial charge < -0.3 is 15.4 Å². The summed E-state index contributed by atoms with van der Waals surface area (Å²) in [5.41, 5.74) is 3.58. The number of fused-ring (bicyclic) bond motifs is 1. The summed E-state index contributed by atoms with van der Waals surface area (Å²) < 4.78 is 5.24. The van der Waals surface area contributed by atoms with Crippen LogP contribution in [0.4, 0.5) is 4.79 Å². The van der Waals surface area contributed by atoms with Crippen molar-refractivity contribution in [2.75, 3.05) is 13.7 Å². The molecule has 0 aliphatic heterocycles. The molecule has 134 valence electrons. The second-order valence-electron chi connectivity index (χ2n) is 6.33. The van der Waals surface area contributed by atoms with E-state index < -0.39 is 0 Å². The number of ether oxygens (including phenoxy) is 1. The number of amides is 2. The van der Waals surface area contributed by atoms with Gasteiger partial charge in [0.2, 0.25) is 0 Å². The minimum atomic E-state index is -0.145. The van der Waals surface area contributed by atoms with Crippen LogP contribution in [-0.2, 0) is 13.0 Å². The van der Waals surface area contributed by atoms with Crippen LogP contribution in [0.1, 0.15) is 16.7 Å². The Morgan fingerprint density at radius 1 is 0.962 bits per heavy atom. The predicted molar refractivity (Wildman–Crippen MR) is 106 cm³/mol. The van der Waals surface area contributed by atoms with E-state index in [-0.39, 0.29) is 6.03 Å². The number of methoxy groups -OCH3 is 1. The van der Waals surface area contributed by atoms with Gasteiger partial charge in [0.15, 0.2) is 0 Å². The third kappa shape index (κ3) is 4.54. The molecule has 2 amide bonds. The summed E-state index contributed by atoms with van der Waals surface area (Å²) in [4.78, 5) is 12.0. The minimum Gasteiger partial charge on any atom is -0.497 e. The van der Waals surface area contributed by atoms with Crippen molar-refractivity contribution in [2.45, 2.75) is 19.9 Å². The molecule has 0 radical (unpaired) electrons. The molecule has 0 saturated heterocycles. The molecule has 0 spiro atoms. The lowest BCUT2D eigenvalue weighted by molar-refractivity contribution is 0.240. The van der Waals surface area contributed by atoms with Gasteiger partial charge in [-0.1, -0.05) is 42.5 Å². The van der Waals surface area contributed by atoms with E-state index in [4.69, 9.17) is 4.74 Å². The number of carbonyl (C=O) groups is 1. The lowest BCUT2D eigenvalue weighted by Gasteiger charge is -2.10. The second kappa shape index (κ2) is 8.39. The third-order valence-electron chi connectivity index (χ3n) is 4.51. The first-order chi connectivity index (χ1) is 12.7. The van der Waals surface area contributed by atoms with Crippen molar-refractivity contribution in [1.29, 1.82) is 0 Å². The van der Waals surface area contributed by atoms with Crippen LogP contribution in [-0.4, -0.2) is 19.7 Å². The van der Waals surface area contributed by atoms with Crippen molar-refractivity contribution in [3.05, 3.63) is 77.4 Å². The number of aryl methyl sites for hydroxylation is 1. The molecular weight excluding hydrogens is 324 g/mol.